The highest BCUT2D eigenvalue weighted by Gasteiger charge is 2.30. The summed E-state index contributed by atoms with van der Waals surface area (Å²) in [7, 11) is 0. The van der Waals surface area contributed by atoms with E-state index in [1.165, 1.54) is 6.07 Å². The Morgan fingerprint density at radius 2 is 2.00 bits per heavy atom. The van der Waals surface area contributed by atoms with Crippen molar-refractivity contribution in [2.75, 3.05) is 31.9 Å². The van der Waals surface area contributed by atoms with Gasteiger partial charge in [0.1, 0.15) is 5.69 Å². The molecule has 0 bridgehead atoms. The number of hydrogen-bond donors (Lipinski definition) is 2. The van der Waals surface area contributed by atoms with E-state index in [1.54, 1.807) is 17.9 Å². The highest BCUT2D eigenvalue weighted by molar-refractivity contribution is 6.01. The van der Waals surface area contributed by atoms with Gasteiger partial charge >= 0.3 is 5.97 Å². The van der Waals surface area contributed by atoms with Gasteiger partial charge in [-0.2, -0.15) is 0 Å². The van der Waals surface area contributed by atoms with Gasteiger partial charge < -0.3 is 15.7 Å². The summed E-state index contributed by atoms with van der Waals surface area (Å²) in [5.74, 6) is -1.20. The monoisotopic (exact) mass is 364 g/mol. The molecule has 1 aliphatic rings. The lowest BCUT2D eigenvalue weighted by Gasteiger charge is -2.37. The number of nitro benzene ring substituents is 1. The molecule has 0 radical (unpaired) electrons. The fraction of sp³-hybridized carbons (Fsp3) is 0.529. The number of carbonyl (C=O) groups is 2. The van der Waals surface area contributed by atoms with E-state index in [4.69, 9.17) is 10.8 Å². The second-order valence-corrected chi connectivity index (χ2v) is 6.48. The third-order valence-corrected chi connectivity index (χ3v) is 4.74. The number of likely N-dealkylation sites (N-methyl/N-ethyl adjacent to an activating group) is 1. The van der Waals surface area contributed by atoms with Crippen molar-refractivity contribution in [3.63, 3.8) is 0 Å². The smallest absolute Gasteiger partial charge is 0.317 e. The first kappa shape index (κ1) is 19.6. The highest BCUT2D eigenvalue weighted by atomic mass is 16.6. The SMILES string of the molecule is CCN(CC(=O)O)C1CCN(C(=O)c2cc(C)cc([N+](=O)[O-])c2N)CC1. The van der Waals surface area contributed by atoms with E-state index in [1.807, 2.05) is 11.8 Å². The van der Waals surface area contributed by atoms with Gasteiger partial charge in [0.05, 0.1) is 17.0 Å². The predicted octanol–water partition coefficient (Wildman–Crippen LogP) is 1.50. The molecule has 0 saturated carbocycles. The molecule has 0 atom stereocenters. The van der Waals surface area contributed by atoms with E-state index in [0.29, 0.717) is 38.0 Å². The highest BCUT2D eigenvalue weighted by Crippen LogP contribution is 2.29. The Bertz CT molecular complexity index is 713. The first-order valence-electron chi connectivity index (χ1n) is 8.54. The summed E-state index contributed by atoms with van der Waals surface area (Å²) in [5, 5.41) is 20.1. The molecule has 9 nitrogen and oxygen atoms in total. The molecule has 142 valence electrons. The molecule has 2 rings (SSSR count). The Hall–Kier alpha value is -2.68. The summed E-state index contributed by atoms with van der Waals surface area (Å²) in [6, 6.07) is 3.02. The van der Waals surface area contributed by atoms with Crippen molar-refractivity contribution in [3.8, 4) is 0 Å². The molecule has 3 N–H and O–H groups in total. The molecule has 1 aliphatic heterocycles. The van der Waals surface area contributed by atoms with E-state index in [2.05, 4.69) is 0 Å². The van der Waals surface area contributed by atoms with Crippen LogP contribution in [0.5, 0.6) is 0 Å². The van der Waals surface area contributed by atoms with Crippen LogP contribution in [0.4, 0.5) is 11.4 Å². The fourth-order valence-electron chi connectivity index (χ4n) is 3.38. The minimum absolute atomic E-state index is 0.0217. The minimum atomic E-state index is -0.870. The first-order chi connectivity index (χ1) is 12.2. The average Bonchev–Trinajstić information content (AvgIpc) is 2.60. The van der Waals surface area contributed by atoms with Crippen molar-refractivity contribution in [1.29, 1.82) is 0 Å². The Kier molecular flexibility index (Phi) is 6.14. The molecule has 1 heterocycles. The number of nitrogens with two attached hydrogens (primary N) is 1. The van der Waals surface area contributed by atoms with Crippen LogP contribution in [-0.2, 0) is 4.79 Å². The zero-order valence-electron chi connectivity index (χ0n) is 15.0. The van der Waals surface area contributed by atoms with Crippen LogP contribution < -0.4 is 5.73 Å². The molecule has 26 heavy (non-hydrogen) atoms. The Labute approximate surface area is 151 Å². The number of nitrogens with zero attached hydrogens (tertiary/aromatic N) is 3. The number of carbonyl (C=O) groups excluding carboxylic acids is 1. The van der Waals surface area contributed by atoms with Crippen LogP contribution in [0.1, 0.15) is 35.7 Å². The lowest BCUT2D eigenvalue weighted by Crippen LogP contribution is -2.48. The number of amides is 1. The Balaban J connectivity index is 2.11. The lowest BCUT2D eigenvalue weighted by atomic mass is 10.0. The molecule has 1 fully saturated rings. The second-order valence-electron chi connectivity index (χ2n) is 6.48. The maximum absolute atomic E-state index is 12.8. The van der Waals surface area contributed by atoms with Gasteiger partial charge in [0.2, 0.25) is 0 Å². The van der Waals surface area contributed by atoms with Crippen molar-refractivity contribution < 1.29 is 19.6 Å². The maximum Gasteiger partial charge on any atom is 0.317 e. The number of aliphatic carboxylic acids is 1. The van der Waals surface area contributed by atoms with Crippen molar-refractivity contribution in [1.82, 2.24) is 9.80 Å². The van der Waals surface area contributed by atoms with E-state index < -0.39 is 10.9 Å². The molecule has 1 aromatic carbocycles. The van der Waals surface area contributed by atoms with Gasteiger partial charge in [-0.15, -0.1) is 0 Å². The van der Waals surface area contributed by atoms with Crippen LogP contribution in [0, 0.1) is 17.0 Å². The molecule has 0 aromatic heterocycles. The lowest BCUT2D eigenvalue weighted by molar-refractivity contribution is -0.384. The molecule has 1 aromatic rings. The molecule has 1 amide bonds. The fourth-order valence-corrected chi connectivity index (χ4v) is 3.38. The minimum Gasteiger partial charge on any atom is -0.480 e. The van der Waals surface area contributed by atoms with E-state index in [0.717, 1.165) is 0 Å². The van der Waals surface area contributed by atoms with Crippen LogP contribution in [0.15, 0.2) is 12.1 Å². The number of benzene rings is 1. The van der Waals surface area contributed by atoms with Gasteiger partial charge in [-0.1, -0.05) is 6.92 Å². The number of carboxylic acids is 1. The van der Waals surface area contributed by atoms with Gasteiger partial charge in [-0.3, -0.25) is 24.6 Å². The molecule has 0 spiro atoms. The van der Waals surface area contributed by atoms with Crippen molar-refractivity contribution in [2.24, 2.45) is 0 Å². The normalized spacial score (nSPS) is 15.3. The Morgan fingerprint density at radius 1 is 1.38 bits per heavy atom. The number of nitro groups is 1. The zero-order valence-corrected chi connectivity index (χ0v) is 15.0. The largest absolute Gasteiger partial charge is 0.480 e. The standard InChI is InChI=1S/C17H24N4O5/c1-3-19(10-15(22)23)12-4-6-20(7-5-12)17(24)13-8-11(2)9-14(16(13)18)21(25)26/h8-9,12H,3-7,10,18H2,1-2H3,(H,22,23). The van der Waals surface area contributed by atoms with Crippen LogP contribution >= 0.6 is 0 Å². The van der Waals surface area contributed by atoms with Crippen LogP contribution in [0.3, 0.4) is 0 Å². The van der Waals surface area contributed by atoms with Crippen LogP contribution in [-0.4, -0.2) is 63.9 Å². The van der Waals surface area contributed by atoms with Gasteiger partial charge in [-0.25, -0.2) is 0 Å². The van der Waals surface area contributed by atoms with Crippen LogP contribution in [0.25, 0.3) is 0 Å². The molecular weight excluding hydrogens is 340 g/mol. The number of nitrogen functional groups attached to an aromatic ring is 1. The van der Waals surface area contributed by atoms with Gasteiger partial charge in [-0.05, 0) is 37.9 Å². The summed E-state index contributed by atoms with van der Waals surface area (Å²) in [6.07, 6.45) is 1.31. The van der Waals surface area contributed by atoms with E-state index in [-0.39, 0.29) is 35.4 Å². The molecule has 0 aliphatic carbocycles. The van der Waals surface area contributed by atoms with Crippen LogP contribution in [0.2, 0.25) is 0 Å². The number of rotatable bonds is 6. The van der Waals surface area contributed by atoms with Gasteiger partial charge in [0.15, 0.2) is 0 Å². The molecule has 9 heteroatoms. The molecule has 1 saturated heterocycles. The third-order valence-electron chi connectivity index (χ3n) is 4.74. The number of piperidine rings is 1. The summed E-state index contributed by atoms with van der Waals surface area (Å²) in [4.78, 5) is 37.8. The third kappa shape index (κ3) is 4.29. The Morgan fingerprint density at radius 3 is 2.50 bits per heavy atom. The van der Waals surface area contributed by atoms with Crippen molar-refractivity contribution in [2.45, 2.75) is 32.7 Å². The first-order valence-corrected chi connectivity index (χ1v) is 8.54. The zero-order chi connectivity index (χ0) is 19.4. The molecule has 0 unspecified atom stereocenters. The van der Waals surface area contributed by atoms with E-state index in [9.17, 15) is 19.7 Å². The number of anilines is 1. The summed E-state index contributed by atoms with van der Waals surface area (Å²) in [6.45, 7) is 5.11. The average molecular weight is 364 g/mol. The second kappa shape index (κ2) is 8.13. The topological polar surface area (TPSA) is 130 Å². The summed E-state index contributed by atoms with van der Waals surface area (Å²) in [5.41, 5.74) is 6.22. The molecular formula is C17H24N4O5. The quantitative estimate of drug-likeness (QED) is 0.444. The number of likely N-dealkylation sites (tertiary alicyclic amines) is 1. The summed E-state index contributed by atoms with van der Waals surface area (Å²) >= 11 is 0. The van der Waals surface area contributed by atoms with Crippen molar-refractivity contribution >= 4 is 23.3 Å². The van der Waals surface area contributed by atoms with Gasteiger partial charge in [0.25, 0.3) is 11.6 Å². The number of carboxylic acid groups (broad SMARTS) is 1. The summed E-state index contributed by atoms with van der Waals surface area (Å²) < 4.78 is 0. The van der Waals surface area contributed by atoms with Crippen molar-refractivity contribution in [3.05, 3.63) is 33.4 Å². The number of hydrogen-bond acceptors (Lipinski definition) is 6. The maximum atomic E-state index is 12.8. The predicted molar refractivity (Wildman–Crippen MR) is 96.1 cm³/mol. The number of aryl methyl sites for hydroxylation is 1. The van der Waals surface area contributed by atoms with E-state index >= 15 is 0 Å². The van der Waals surface area contributed by atoms with Gasteiger partial charge in [0, 0.05) is 25.2 Å².